The van der Waals surface area contributed by atoms with E-state index in [0.29, 0.717) is 11.1 Å². The minimum atomic E-state index is -0.707. The molecule has 0 aliphatic carbocycles. The summed E-state index contributed by atoms with van der Waals surface area (Å²) in [7, 11) is 1.39. The Morgan fingerprint density at radius 3 is 2.37 bits per heavy atom. The lowest BCUT2D eigenvalue weighted by atomic mass is 9.98. The highest BCUT2D eigenvalue weighted by molar-refractivity contribution is 5.37. The summed E-state index contributed by atoms with van der Waals surface area (Å²) in [6, 6.07) is 8.48. The molecule has 4 heteroatoms. The molecular formula is C15H15F2NO. The van der Waals surface area contributed by atoms with Gasteiger partial charge in [0.1, 0.15) is 5.82 Å². The van der Waals surface area contributed by atoms with E-state index in [9.17, 15) is 8.78 Å². The fourth-order valence-electron chi connectivity index (χ4n) is 1.94. The average Bonchev–Trinajstić information content (AvgIpc) is 2.38. The van der Waals surface area contributed by atoms with Crippen LogP contribution < -0.4 is 10.5 Å². The van der Waals surface area contributed by atoms with Gasteiger partial charge in [0.25, 0.3) is 0 Å². The van der Waals surface area contributed by atoms with E-state index in [1.165, 1.54) is 25.3 Å². The summed E-state index contributed by atoms with van der Waals surface area (Å²) in [4.78, 5) is 0. The van der Waals surface area contributed by atoms with Gasteiger partial charge in [-0.25, -0.2) is 8.78 Å². The second-order valence-corrected chi connectivity index (χ2v) is 4.40. The first-order valence-corrected chi connectivity index (χ1v) is 5.88. The lowest BCUT2D eigenvalue weighted by Gasteiger charge is -2.15. The number of hydrogen-bond acceptors (Lipinski definition) is 2. The van der Waals surface area contributed by atoms with Crippen LogP contribution in [0.25, 0.3) is 0 Å². The van der Waals surface area contributed by atoms with Crippen LogP contribution in [-0.4, -0.2) is 7.11 Å². The third-order valence-electron chi connectivity index (χ3n) is 3.03. The SMILES string of the molecule is COc1ccc(C(N)c2ccc(C)cc2F)cc1F. The van der Waals surface area contributed by atoms with Crippen molar-refractivity contribution in [3.05, 3.63) is 64.7 Å². The highest BCUT2D eigenvalue weighted by Gasteiger charge is 2.15. The minimum absolute atomic E-state index is 0.139. The second-order valence-electron chi connectivity index (χ2n) is 4.40. The first-order chi connectivity index (χ1) is 9.02. The molecule has 0 radical (unpaired) electrons. The molecule has 2 aromatic rings. The normalized spacial score (nSPS) is 12.3. The molecule has 19 heavy (non-hydrogen) atoms. The van der Waals surface area contributed by atoms with E-state index in [0.717, 1.165) is 5.56 Å². The van der Waals surface area contributed by atoms with Gasteiger partial charge in [0.2, 0.25) is 0 Å². The van der Waals surface area contributed by atoms with E-state index in [2.05, 4.69) is 0 Å². The molecule has 2 nitrogen and oxygen atoms in total. The van der Waals surface area contributed by atoms with Crippen LogP contribution in [0.2, 0.25) is 0 Å². The van der Waals surface area contributed by atoms with Crippen LogP contribution in [0, 0.1) is 18.6 Å². The van der Waals surface area contributed by atoms with Crippen molar-refractivity contribution in [2.24, 2.45) is 5.73 Å². The maximum atomic E-state index is 13.8. The monoisotopic (exact) mass is 263 g/mol. The van der Waals surface area contributed by atoms with Crippen molar-refractivity contribution in [2.45, 2.75) is 13.0 Å². The van der Waals surface area contributed by atoms with Gasteiger partial charge in [0, 0.05) is 5.56 Å². The van der Waals surface area contributed by atoms with E-state index in [1.807, 2.05) is 0 Å². The van der Waals surface area contributed by atoms with Gasteiger partial charge in [-0.3, -0.25) is 0 Å². The summed E-state index contributed by atoms with van der Waals surface area (Å²) >= 11 is 0. The topological polar surface area (TPSA) is 35.2 Å². The number of ether oxygens (including phenoxy) is 1. The summed E-state index contributed by atoms with van der Waals surface area (Å²) in [5.74, 6) is -0.757. The smallest absolute Gasteiger partial charge is 0.165 e. The third-order valence-corrected chi connectivity index (χ3v) is 3.03. The standard InChI is InChI=1S/C15H15F2NO/c1-9-3-5-11(12(16)7-9)15(18)10-4-6-14(19-2)13(17)8-10/h3-8,15H,18H2,1-2H3. The molecule has 2 rings (SSSR count). The van der Waals surface area contributed by atoms with Gasteiger partial charge in [0.05, 0.1) is 13.2 Å². The van der Waals surface area contributed by atoms with Crippen molar-refractivity contribution in [1.29, 1.82) is 0 Å². The Hall–Kier alpha value is -1.94. The molecule has 0 aliphatic rings. The predicted octanol–water partition coefficient (Wildman–Crippen LogP) is 3.33. The molecule has 0 bridgehead atoms. The number of nitrogens with two attached hydrogens (primary N) is 1. The van der Waals surface area contributed by atoms with Gasteiger partial charge in [0.15, 0.2) is 11.6 Å². The lowest BCUT2D eigenvalue weighted by Crippen LogP contribution is -2.14. The van der Waals surface area contributed by atoms with Crippen molar-refractivity contribution < 1.29 is 13.5 Å². The zero-order valence-electron chi connectivity index (χ0n) is 10.8. The average molecular weight is 263 g/mol. The predicted molar refractivity (Wildman–Crippen MR) is 70.1 cm³/mol. The van der Waals surface area contributed by atoms with Gasteiger partial charge < -0.3 is 10.5 Å². The van der Waals surface area contributed by atoms with E-state index >= 15 is 0 Å². The van der Waals surface area contributed by atoms with Crippen molar-refractivity contribution in [1.82, 2.24) is 0 Å². The molecule has 0 fully saturated rings. The van der Waals surface area contributed by atoms with E-state index in [4.69, 9.17) is 10.5 Å². The third kappa shape index (κ3) is 2.74. The van der Waals surface area contributed by atoms with E-state index in [1.54, 1.807) is 25.1 Å². The van der Waals surface area contributed by atoms with Crippen molar-refractivity contribution in [2.75, 3.05) is 7.11 Å². The number of benzene rings is 2. The van der Waals surface area contributed by atoms with Crippen LogP contribution in [0.15, 0.2) is 36.4 Å². The van der Waals surface area contributed by atoms with E-state index in [-0.39, 0.29) is 11.6 Å². The first-order valence-electron chi connectivity index (χ1n) is 5.88. The number of methoxy groups -OCH3 is 1. The molecule has 0 spiro atoms. The Morgan fingerprint density at radius 1 is 1.05 bits per heavy atom. The Kier molecular flexibility index (Phi) is 3.81. The molecule has 100 valence electrons. The summed E-state index contributed by atoms with van der Waals surface area (Å²) in [6.07, 6.45) is 0. The first kappa shape index (κ1) is 13.5. The van der Waals surface area contributed by atoms with Gasteiger partial charge in [-0.2, -0.15) is 0 Å². The van der Waals surface area contributed by atoms with Crippen molar-refractivity contribution in [3.63, 3.8) is 0 Å². The number of hydrogen-bond donors (Lipinski definition) is 1. The minimum Gasteiger partial charge on any atom is -0.494 e. The van der Waals surface area contributed by atoms with Crippen LogP contribution in [0.5, 0.6) is 5.75 Å². The fourth-order valence-corrected chi connectivity index (χ4v) is 1.94. The molecule has 0 aliphatic heterocycles. The Morgan fingerprint density at radius 2 is 1.79 bits per heavy atom. The van der Waals surface area contributed by atoms with Gasteiger partial charge in [-0.15, -0.1) is 0 Å². The molecule has 1 unspecified atom stereocenters. The van der Waals surface area contributed by atoms with Gasteiger partial charge in [-0.1, -0.05) is 18.2 Å². The maximum Gasteiger partial charge on any atom is 0.165 e. The molecule has 0 aromatic heterocycles. The molecule has 2 aromatic carbocycles. The number of halogens is 2. The molecule has 1 atom stereocenters. The van der Waals surface area contributed by atoms with Crippen molar-refractivity contribution in [3.8, 4) is 5.75 Å². The molecule has 2 N–H and O–H groups in total. The Bertz CT molecular complexity index is 599. The van der Waals surface area contributed by atoms with Crippen LogP contribution in [0.1, 0.15) is 22.7 Å². The molecular weight excluding hydrogens is 248 g/mol. The molecule has 0 amide bonds. The zero-order chi connectivity index (χ0) is 14.0. The quantitative estimate of drug-likeness (QED) is 0.921. The number of rotatable bonds is 3. The van der Waals surface area contributed by atoms with Crippen LogP contribution in [0.4, 0.5) is 8.78 Å². The fraction of sp³-hybridized carbons (Fsp3) is 0.200. The van der Waals surface area contributed by atoms with Gasteiger partial charge in [-0.05, 0) is 36.2 Å². The maximum absolute atomic E-state index is 13.8. The molecule has 0 heterocycles. The van der Waals surface area contributed by atoms with E-state index < -0.39 is 11.9 Å². The molecule has 0 saturated carbocycles. The number of aryl methyl sites for hydroxylation is 1. The van der Waals surface area contributed by atoms with Crippen LogP contribution in [0.3, 0.4) is 0 Å². The Labute approximate surface area is 110 Å². The van der Waals surface area contributed by atoms with Crippen molar-refractivity contribution >= 4 is 0 Å². The van der Waals surface area contributed by atoms with Crippen LogP contribution in [-0.2, 0) is 0 Å². The highest BCUT2D eigenvalue weighted by atomic mass is 19.1. The summed E-state index contributed by atoms with van der Waals surface area (Å²) < 4.78 is 32.3. The Balaban J connectivity index is 2.38. The second kappa shape index (κ2) is 5.36. The highest BCUT2D eigenvalue weighted by Crippen LogP contribution is 2.26. The largest absolute Gasteiger partial charge is 0.494 e. The molecule has 0 saturated heterocycles. The van der Waals surface area contributed by atoms with Crippen LogP contribution >= 0.6 is 0 Å². The summed E-state index contributed by atoms with van der Waals surface area (Å²) in [5.41, 5.74) is 7.64. The summed E-state index contributed by atoms with van der Waals surface area (Å²) in [5, 5.41) is 0. The van der Waals surface area contributed by atoms with Gasteiger partial charge >= 0.3 is 0 Å². The summed E-state index contributed by atoms with van der Waals surface area (Å²) in [6.45, 7) is 1.80. The lowest BCUT2D eigenvalue weighted by molar-refractivity contribution is 0.386. The zero-order valence-corrected chi connectivity index (χ0v) is 10.8.